The van der Waals surface area contributed by atoms with Crippen molar-refractivity contribution in [3.63, 3.8) is 0 Å². The Hall–Kier alpha value is -2.45. The van der Waals surface area contributed by atoms with Gasteiger partial charge >= 0.3 is 0 Å². The van der Waals surface area contributed by atoms with E-state index in [0.29, 0.717) is 35.4 Å². The molecular weight excluding hydrogens is 388 g/mol. The number of thiazole rings is 1. The van der Waals surface area contributed by atoms with Gasteiger partial charge in [0, 0.05) is 23.5 Å². The van der Waals surface area contributed by atoms with E-state index in [9.17, 15) is 14.4 Å². The topological polar surface area (TPSA) is 100 Å². The second kappa shape index (κ2) is 8.96. The molecular formula is C18H19ClN4O3S. The van der Waals surface area contributed by atoms with Crippen LogP contribution in [0.1, 0.15) is 24.1 Å². The van der Waals surface area contributed by atoms with Crippen molar-refractivity contribution in [2.24, 2.45) is 5.92 Å². The average molecular weight is 407 g/mol. The van der Waals surface area contributed by atoms with E-state index in [1.807, 2.05) is 18.2 Å². The van der Waals surface area contributed by atoms with Crippen LogP contribution in [0.25, 0.3) is 0 Å². The molecule has 1 fully saturated rings. The Morgan fingerprint density at radius 3 is 2.93 bits per heavy atom. The molecule has 27 heavy (non-hydrogen) atoms. The number of hydrogen-bond donors (Lipinski definition) is 3. The maximum absolute atomic E-state index is 12.2. The predicted molar refractivity (Wildman–Crippen MR) is 103 cm³/mol. The van der Waals surface area contributed by atoms with Gasteiger partial charge in [-0.2, -0.15) is 0 Å². The van der Waals surface area contributed by atoms with Gasteiger partial charge in [0.2, 0.25) is 17.7 Å². The van der Waals surface area contributed by atoms with Crippen LogP contribution in [-0.4, -0.2) is 29.3 Å². The molecule has 1 aromatic carbocycles. The summed E-state index contributed by atoms with van der Waals surface area (Å²) < 4.78 is 0. The van der Waals surface area contributed by atoms with E-state index in [1.54, 1.807) is 11.4 Å². The van der Waals surface area contributed by atoms with Gasteiger partial charge in [0.05, 0.1) is 12.1 Å². The number of nitrogens with one attached hydrogen (secondary N) is 3. The highest BCUT2D eigenvalue weighted by atomic mass is 35.5. The van der Waals surface area contributed by atoms with Crippen molar-refractivity contribution in [2.75, 3.05) is 11.9 Å². The average Bonchev–Trinajstić information content (AvgIpc) is 3.08. The highest BCUT2D eigenvalue weighted by Crippen LogP contribution is 2.19. The van der Waals surface area contributed by atoms with E-state index in [4.69, 9.17) is 11.6 Å². The van der Waals surface area contributed by atoms with Crippen molar-refractivity contribution in [2.45, 2.75) is 25.8 Å². The molecule has 1 unspecified atom stereocenters. The summed E-state index contributed by atoms with van der Waals surface area (Å²) in [7, 11) is 0. The molecule has 0 saturated carbocycles. The molecule has 1 saturated heterocycles. The van der Waals surface area contributed by atoms with E-state index in [2.05, 4.69) is 20.9 Å². The first-order valence-corrected chi connectivity index (χ1v) is 9.82. The zero-order valence-corrected chi connectivity index (χ0v) is 16.0. The number of aromatic nitrogens is 1. The number of piperidine rings is 1. The number of carbonyl (C=O) groups is 3. The van der Waals surface area contributed by atoms with E-state index in [1.165, 1.54) is 11.3 Å². The van der Waals surface area contributed by atoms with Crippen molar-refractivity contribution in [1.29, 1.82) is 0 Å². The third-order valence-electron chi connectivity index (χ3n) is 4.16. The standard InChI is InChI=1S/C18H19ClN4O3S/c19-14-6-2-1-4-11(14)9-21-15(24)8-12-10-27-18(22-12)23-17(26)13-5-3-7-20-16(13)25/h1-2,4,6,10,13H,3,5,7-9H2,(H,20,25)(H,21,24)(H,22,23,26). The van der Waals surface area contributed by atoms with Gasteiger partial charge in [-0.05, 0) is 24.5 Å². The molecule has 2 heterocycles. The summed E-state index contributed by atoms with van der Waals surface area (Å²) in [5.74, 6) is -1.50. The maximum atomic E-state index is 12.2. The summed E-state index contributed by atoms with van der Waals surface area (Å²) in [5.41, 5.74) is 1.39. The van der Waals surface area contributed by atoms with Crippen LogP contribution in [0.2, 0.25) is 5.02 Å². The van der Waals surface area contributed by atoms with Gasteiger partial charge in [0.1, 0.15) is 5.92 Å². The van der Waals surface area contributed by atoms with Crippen molar-refractivity contribution in [3.8, 4) is 0 Å². The lowest BCUT2D eigenvalue weighted by Crippen LogP contribution is -2.42. The zero-order valence-electron chi connectivity index (χ0n) is 14.5. The lowest BCUT2D eigenvalue weighted by atomic mass is 9.98. The van der Waals surface area contributed by atoms with Crippen LogP contribution < -0.4 is 16.0 Å². The normalized spacial score (nSPS) is 16.5. The van der Waals surface area contributed by atoms with Crippen LogP contribution in [0.4, 0.5) is 5.13 Å². The number of halogens is 1. The van der Waals surface area contributed by atoms with Gasteiger partial charge in [-0.3, -0.25) is 14.4 Å². The molecule has 0 spiro atoms. The molecule has 0 aliphatic carbocycles. The summed E-state index contributed by atoms with van der Waals surface area (Å²) in [6, 6.07) is 7.30. The fourth-order valence-electron chi connectivity index (χ4n) is 2.72. The Bertz CT molecular complexity index is 855. The molecule has 1 aliphatic heterocycles. The van der Waals surface area contributed by atoms with Gasteiger partial charge in [0.15, 0.2) is 5.13 Å². The molecule has 3 amide bonds. The van der Waals surface area contributed by atoms with Crippen LogP contribution >= 0.6 is 22.9 Å². The number of carbonyl (C=O) groups excluding carboxylic acids is 3. The summed E-state index contributed by atoms with van der Waals surface area (Å²) in [6.07, 6.45) is 1.40. The Labute approximate surface area is 165 Å². The monoisotopic (exact) mass is 406 g/mol. The fraction of sp³-hybridized carbons (Fsp3) is 0.333. The molecule has 3 rings (SSSR count). The van der Waals surface area contributed by atoms with Crippen LogP contribution in [0.5, 0.6) is 0 Å². The molecule has 7 nitrogen and oxygen atoms in total. The van der Waals surface area contributed by atoms with Crippen molar-refractivity contribution in [1.82, 2.24) is 15.6 Å². The van der Waals surface area contributed by atoms with Crippen LogP contribution in [0, 0.1) is 5.92 Å². The van der Waals surface area contributed by atoms with Crippen molar-refractivity contribution >= 4 is 45.8 Å². The molecule has 1 aliphatic rings. The second-order valence-corrected chi connectivity index (χ2v) is 7.43. The zero-order chi connectivity index (χ0) is 19.2. The van der Waals surface area contributed by atoms with Gasteiger partial charge < -0.3 is 16.0 Å². The highest BCUT2D eigenvalue weighted by molar-refractivity contribution is 7.13. The molecule has 0 bridgehead atoms. The summed E-state index contributed by atoms with van der Waals surface area (Å²) in [5, 5.41) is 10.8. The first-order valence-electron chi connectivity index (χ1n) is 8.56. The Morgan fingerprint density at radius 1 is 1.33 bits per heavy atom. The largest absolute Gasteiger partial charge is 0.355 e. The minimum Gasteiger partial charge on any atom is -0.355 e. The maximum Gasteiger partial charge on any atom is 0.238 e. The smallest absolute Gasteiger partial charge is 0.238 e. The molecule has 1 aromatic heterocycles. The number of amides is 3. The Balaban J connectivity index is 1.50. The highest BCUT2D eigenvalue weighted by Gasteiger charge is 2.29. The number of anilines is 1. The second-order valence-electron chi connectivity index (χ2n) is 6.16. The molecule has 0 radical (unpaired) electrons. The third kappa shape index (κ3) is 5.27. The molecule has 2 aromatic rings. The first-order chi connectivity index (χ1) is 13.0. The minimum atomic E-state index is -0.690. The van der Waals surface area contributed by atoms with E-state index >= 15 is 0 Å². The predicted octanol–water partition coefficient (Wildman–Crippen LogP) is 2.12. The fourth-order valence-corrected chi connectivity index (χ4v) is 3.64. The number of hydrogen-bond acceptors (Lipinski definition) is 5. The quantitative estimate of drug-likeness (QED) is 0.639. The van der Waals surface area contributed by atoms with E-state index in [-0.39, 0.29) is 24.1 Å². The number of rotatable bonds is 6. The minimum absolute atomic E-state index is 0.0980. The number of nitrogens with zero attached hydrogens (tertiary/aromatic N) is 1. The van der Waals surface area contributed by atoms with Crippen LogP contribution in [0.15, 0.2) is 29.6 Å². The van der Waals surface area contributed by atoms with Crippen molar-refractivity contribution in [3.05, 3.63) is 45.9 Å². The van der Waals surface area contributed by atoms with Gasteiger partial charge in [-0.25, -0.2) is 4.98 Å². The summed E-state index contributed by atoms with van der Waals surface area (Å²) >= 11 is 7.29. The molecule has 3 N–H and O–H groups in total. The molecule has 1 atom stereocenters. The van der Waals surface area contributed by atoms with Gasteiger partial charge in [0.25, 0.3) is 0 Å². The van der Waals surface area contributed by atoms with Crippen LogP contribution in [0.3, 0.4) is 0 Å². The Kier molecular flexibility index (Phi) is 6.41. The van der Waals surface area contributed by atoms with Crippen LogP contribution in [-0.2, 0) is 27.3 Å². The van der Waals surface area contributed by atoms with E-state index in [0.717, 1.165) is 12.0 Å². The van der Waals surface area contributed by atoms with Gasteiger partial charge in [-0.15, -0.1) is 11.3 Å². The SMILES string of the molecule is O=C(Cc1csc(NC(=O)C2CCCNC2=O)n1)NCc1ccccc1Cl. The number of benzene rings is 1. The lowest BCUT2D eigenvalue weighted by Gasteiger charge is -2.20. The van der Waals surface area contributed by atoms with Crippen molar-refractivity contribution < 1.29 is 14.4 Å². The third-order valence-corrected chi connectivity index (χ3v) is 5.33. The summed E-state index contributed by atoms with van der Waals surface area (Å²) in [4.78, 5) is 40.3. The summed E-state index contributed by atoms with van der Waals surface area (Å²) in [6.45, 7) is 0.941. The Morgan fingerprint density at radius 2 is 2.15 bits per heavy atom. The lowest BCUT2D eigenvalue weighted by molar-refractivity contribution is -0.134. The first kappa shape index (κ1) is 19.3. The van der Waals surface area contributed by atoms with Gasteiger partial charge in [-0.1, -0.05) is 29.8 Å². The molecule has 9 heteroatoms. The van der Waals surface area contributed by atoms with E-state index < -0.39 is 5.92 Å². The molecule has 142 valence electrons.